The first-order chi connectivity index (χ1) is 11.7. The Bertz CT molecular complexity index is 816. The van der Waals surface area contributed by atoms with Crippen molar-refractivity contribution in [3.8, 4) is 5.75 Å². The van der Waals surface area contributed by atoms with Gasteiger partial charge in [0.15, 0.2) is 6.10 Å². The maximum atomic E-state index is 12.8. The lowest BCUT2D eigenvalue weighted by Crippen LogP contribution is -2.30. The van der Waals surface area contributed by atoms with E-state index >= 15 is 0 Å². The molecule has 0 saturated heterocycles. The molecule has 0 heterocycles. The van der Waals surface area contributed by atoms with E-state index in [0.717, 1.165) is 16.7 Å². The Hall–Kier alpha value is -2.90. The number of para-hydroxylation sites is 1. The summed E-state index contributed by atoms with van der Waals surface area (Å²) in [4.78, 5) is 23.7. The molecule has 0 N–H and O–H groups in total. The van der Waals surface area contributed by atoms with Crippen LogP contribution in [0.2, 0.25) is 0 Å². The molecule has 3 heteroatoms. The highest BCUT2D eigenvalue weighted by Crippen LogP contribution is 2.31. The van der Waals surface area contributed by atoms with Crippen LogP contribution in [0.4, 0.5) is 0 Å². The first kappa shape index (κ1) is 16.0. The number of benzene rings is 1. The molecule has 120 valence electrons. The number of hydrogen-bond acceptors (Lipinski definition) is 3. The fraction of sp³-hybridized carbons (Fsp3) is 0.190. The van der Waals surface area contributed by atoms with Gasteiger partial charge < -0.3 is 4.74 Å². The molecule has 1 atom stereocenters. The molecule has 0 saturated carbocycles. The molecule has 0 spiro atoms. The average molecular weight is 318 g/mol. The molecule has 1 unspecified atom stereocenters. The first-order valence-corrected chi connectivity index (χ1v) is 8.01. The van der Waals surface area contributed by atoms with E-state index < -0.39 is 6.10 Å². The van der Waals surface area contributed by atoms with E-state index in [9.17, 15) is 9.59 Å². The van der Waals surface area contributed by atoms with Crippen LogP contribution in [0.25, 0.3) is 0 Å². The van der Waals surface area contributed by atoms with Crippen molar-refractivity contribution in [2.45, 2.75) is 25.9 Å². The fourth-order valence-electron chi connectivity index (χ4n) is 2.94. The number of ether oxygens (including phenoxy) is 1. The van der Waals surface area contributed by atoms with E-state index in [1.54, 1.807) is 12.2 Å². The Labute approximate surface area is 141 Å². The van der Waals surface area contributed by atoms with Gasteiger partial charge in [-0.1, -0.05) is 43.4 Å². The smallest absolute Gasteiger partial charge is 0.203 e. The second-order valence-electron chi connectivity index (χ2n) is 5.68. The maximum absolute atomic E-state index is 12.8. The van der Waals surface area contributed by atoms with E-state index in [2.05, 4.69) is 0 Å². The molecule has 0 amide bonds. The van der Waals surface area contributed by atoms with Crippen LogP contribution in [-0.4, -0.2) is 17.8 Å². The number of rotatable bonds is 4. The van der Waals surface area contributed by atoms with E-state index in [1.165, 1.54) is 0 Å². The minimum atomic E-state index is -0.605. The second kappa shape index (κ2) is 7.12. The van der Waals surface area contributed by atoms with Gasteiger partial charge in [0.2, 0.25) is 5.78 Å². The van der Waals surface area contributed by atoms with Gasteiger partial charge in [0.1, 0.15) is 11.7 Å². The van der Waals surface area contributed by atoms with Gasteiger partial charge in [-0.2, -0.15) is 0 Å². The van der Waals surface area contributed by atoms with Crippen LogP contribution >= 0.6 is 0 Å². The molecule has 0 radical (unpaired) electrons. The molecular formula is C21H18O3. The van der Waals surface area contributed by atoms with Crippen LogP contribution in [-0.2, 0) is 9.59 Å². The highest BCUT2D eigenvalue weighted by molar-refractivity contribution is 6.03. The Kier molecular flexibility index (Phi) is 4.74. The minimum Gasteiger partial charge on any atom is -0.478 e. The zero-order chi connectivity index (χ0) is 16.9. The summed E-state index contributed by atoms with van der Waals surface area (Å²) in [6.45, 7) is 1.96. The monoisotopic (exact) mass is 318 g/mol. The van der Waals surface area contributed by atoms with Gasteiger partial charge in [-0.25, -0.2) is 4.79 Å². The predicted molar refractivity (Wildman–Crippen MR) is 93.4 cm³/mol. The Balaban J connectivity index is 1.87. The molecule has 2 aliphatic carbocycles. The normalized spacial score (nSPS) is 20.0. The number of ketones is 1. The fourth-order valence-corrected chi connectivity index (χ4v) is 2.94. The molecule has 0 aliphatic heterocycles. The molecule has 3 rings (SSSR count). The van der Waals surface area contributed by atoms with Crippen molar-refractivity contribution >= 4 is 11.7 Å². The van der Waals surface area contributed by atoms with Crippen molar-refractivity contribution in [1.29, 1.82) is 0 Å². The van der Waals surface area contributed by atoms with Crippen LogP contribution in [0.15, 0.2) is 83.0 Å². The molecule has 2 aliphatic rings. The predicted octanol–water partition coefficient (Wildman–Crippen LogP) is 3.92. The molecule has 24 heavy (non-hydrogen) atoms. The third kappa shape index (κ3) is 3.22. The SMILES string of the molecule is CCC1=C(C2=CC=CC(=C=O)C2)C=CC(Oc2ccccc2)C1=O. The van der Waals surface area contributed by atoms with Crippen LogP contribution < -0.4 is 4.74 Å². The minimum absolute atomic E-state index is 0.0223. The zero-order valence-corrected chi connectivity index (χ0v) is 13.5. The molecule has 0 aromatic heterocycles. The lowest BCUT2D eigenvalue weighted by atomic mass is 9.84. The first-order valence-electron chi connectivity index (χ1n) is 8.01. The topological polar surface area (TPSA) is 43.4 Å². The van der Waals surface area contributed by atoms with Gasteiger partial charge in [0.25, 0.3) is 0 Å². The van der Waals surface area contributed by atoms with E-state index in [4.69, 9.17) is 4.74 Å². The summed E-state index contributed by atoms with van der Waals surface area (Å²) in [5.41, 5.74) is 3.20. The number of Topliss-reactive ketones (excluding diaryl/α,β-unsaturated/α-hetero) is 1. The Morgan fingerprint density at radius 1 is 1.21 bits per heavy atom. The Morgan fingerprint density at radius 3 is 2.71 bits per heavy atom. The summed E-state index contributed by atoms with van der Waals surface area (Å²) < 4.78 is 5.81. The molecule has 1 aromatic carbocycles. The van der Waals surface area contributed by atoms with Crippen LogP contribution in [0.3, 0.4) is 0 Å². The third-order valence-electron chi connectivity index (χ3n) is 4.13. The van der Waals surface area contributed by atoms with Crippen LogP contribution in [0.5, 0.6) is 5.75 Å². The highest BCUT2D eigenvalue weighted by atomic mass is 16.5. The largest absolute Gasteiger partial charge is 0.478 e. The van der Waals surface area contributed by atoms with Crippen molar-refractivity contribution in [2.24, 2.45) is 0 Å². The second-order valence-corrected chi connectivity index (χ2v) is 5.68. The lowest BCUT2D eigenvalue weighted by molar-refractivity contribution is -0.120. The summed E-state index contributed by atoms with van der Waals surface area (Å²) in [5.74, 6) is 2.59. The van der Waals surface area contributed by atoms with E-state index in [-0.39, 0.29) is 5.78 Å². The molecule has 0 fully saturated rings. The number of allylic oxidation sites excluding steroid dienone is 7. The van der Waals surface area contributed by atoms with Crippen molar-refractivity contribution in [3.05, 3.63) is 83.0 Å². The summed E-state index contributed by atoms with van der Waals surface area (Å²) >= 11 is 0. The molecular weight excluding hydrogens is 300 g/mol. The van der Waals surface area contributed by atoms with Gasteiger partial charge in [0.05, 0.1) is 0 Å². The standard InChI is InChI=1S/C21H18O3/c1-2-18-19(16-8-6-7-15(13-16)14-22)11-12-20(21(18)23)24-17-9-4-3-5-10-17/h3-12,20H,2,13H2,1H3. The van der Waals surface area contributed by atoms with E-state index in [1.807, 2.05) is 61.4 Å². The molecule has 0 bridgehead atoms. The van der Waals surface area contributed by atoms with Crippen LogP contribution in [0.1, 0.15) is 19.8 Å². The van der Waals surface area contributed by atoms with Gasteiger partial charge in [-0.3, -0.25) is 4.79 Å². The summed E-state index contributed by atoms with van der Waals surface area (Å²) in [6, 6.07) is 9.33. The van der Waals surface area contributed by atoms with Gasteiger partial charge in [0, 0.05) is 17.6 Å². The average Bonchev–Trinajstić information content (AvgIpc) is 2.64. The number of carbonyl (C=O) groups excluding carboxylic acids is 2. The van der Waals surface area contributed by atoms with Gasteiger partial charge in [-0.05, 0) is 41.9 Å². The highest BCUT2D eigenvalue weighted by Gasteiger charge is 2.28. The number of carbonyl (C=O) groups is 1. The van der Waals surface area contributed by atoms with Crippen molar-refractivity contribution in [1.82, 2.24) is 0 Å². The van der Waals surface area contributed by atoms with Crippen molar-refractivity contribution in [2.75, 3.05) is 0 Å². The van der Waals surface area contributed by atoms with Crippen molar-refractivity contribution in [3.63, 3.8) is 0 Å². The van der Waals surface area contributed by atoms with Crippen molar-refractivity contribution < 1.29 is 14.3 Å². The summed E-state index contributed by atoms with van der Waals surface area (Å²) in [7, 11) is 0. The van der Waals surface area contributed by atoms with E-state index in [0.29, 0.717) is 24.2 Å². The zero-order valence-electron chi connectivity index (χ0n) is 13.5. The summed E-state index contributed by atoms with van der Waals surface area (Å²) in [6.07, 6.45) is 9.75. The molecule has 1 aromatic rings. The Morgan fingerprint density at radius 2 is 2.00 bits per heavy atom. The summed E-state index contributed by atoms with van der Waals surface area (Å²) in [5, 5.41) is 0. The lowest BCUT2D eigenvalue weighted by Gasteiger charge is -2.23. The third-order valence-corrected chi connectivity index (χ3v) is 4.13. The van der Waals surface area contributed by atoms with Gasteiger partial charge >= 0.3 is 0 Å². The maximum Gasteiger partial charge on any atom is 0.203 e. The van der Waals surface area contributed by atoms with Gasteiger partial charge in [-0.15, -0.1) is 0 Å². The van der Waals surface area contributed by atoms with Crippen LogP contribution in [0, 0.1) is 0 Å². The number of hydrogen-bond donors (Lipinski definition) is 0. The quantitative estimate of drug-likeness (QED) is 0.790. The molecule has 3 nitrogen and oxygen atoms in total.